The Kier molecular flexibility index (Phi) is 7.18. The molecule has 2 aromatic heterocycles. The van der Waals surface area contributed by atoms with E-state index in [1.54, 1.807) is 11.0 Å². The highest BCUT2D eigenvalue weighted by atomic mass is 32.1. The molecule has 4 rings (SSSR count). The van der Waals surface area contributed by atoms with E-state index in [1.165, 1.54) is 11.3 Å². The van der Waals surface area contributed by atoms with Gasteiger partial charge in [0.1, 0.15) is 33.6 Å². The number of aryl methyl sites for hydroxylation is 1. The van der Waals surface area contributed by atoms with Crippen LogP contribution in [0.1, 0.15) is 17.8 Å². The maximum atomic E-state index is 13.1. The van der Waals surface area contributed by atoms with Gasteiger partial charge in [0.2, 0.25) is 0 Å². The van der Waals surface area contributed by atoms with Gasteiger partial charge in [-0.2, -0.15) is 0 Å². The Morgan fingerprint density at radius 2 is 1.94 bits per heavy atom. The maximum Gasteiger partial charge on any atom is 0.323 e. The third-order valence-corrected chi connectivity index (χ3v) is 6.87. The van der Waals surface area contributed by atoms with Crippen molar-refractivity contribution in [2.24, 2.45) is 0 Å². The van der Waals surface area contributed by atoms with Crippen LogP contribution in [-0.4, -0.2) is 97.1 Å². The Bertz CT molecular complexity index is 1170. The summed E-state index contributed by atoms with van der Waals surface area (Å²) in [5, 5.41) is 21.6. The SMILES string of the molecule is BC(B)(B)N(CC(F)F)C1CCN(C(=O)Nc2cc3cc(-c4nnc(C)s4)ccc3nn2)CC1. The number of carbonyl (C=O) groups excluding carboxylic acids is 1. The molecule has 1 aliphatic rings. The minimum absolute atomic E-state index is 0.0147. The van der Waals surface area contributed by atoms with Crippen molar-refractivity contribution in [1.82, 2.24) is 30.2 Å². The van der Waals surface area contributed by atoms with E-state index in [-0.39, 0.29) is 23.9 Å². The molecular formula is C20H26B3F2N7OS. The molecule has 8 nitrogen and oxygen atoms in total. The van der Waals surface area contributed by atoms with Crippen LogP contribution in [0.5, 0.6) is 0 Å². The summed E-state index contributed by atoms with van der Waals surface area (Å²) in [5.41, 5.74) is 1.64. The standard InChI is InChI=1S/C20H26B3F2N7OS/c1-11-27-30-18(34-11)12-2-3-15-13(8-12)9-17(29-28-15)26-19(33)31-6-4-14(5-7-31)32(10-16(24)25)20(21,22)23/h2-3,8-9,14,16H,4-7,10,21-23H2,1H3,(H,26,29,33). The number of anilines is 1. The number of nitrogens with zero attached hydrogens (tertiary/aromatic N) is 6. The first-order valence-corrected chi connectivity index (χ1v) is 12.1. The van der Waals surface area contributed by atoms with Gasteiger partial charge < -0.3 is 9.80 Å². The van der Waals surface area contributed by atoms with Crippen molar-refractivity contribution in [3.05, 3.63) is 29.3 Å². The number of alkyl halides is 2. The first-order valence-electron chi connectivity index (χ1n) is 11.3. The summed E-state index contributed by atoms with van der Waals surface area (Å²) in [4.78, 5) is 16.4. The van der Waals surface area contributed by atoms with Crippen LogP contribution in [-0.2, 0) is 0 Å². The summed E-state index contributed by atoms with van der Waals surface area (Å²) in [6, 6.07) is 7.28. The van der Waals surface area contributed by atoms with Crippen LogP contribution in [0.25, 0.3) is 21.5 Å². The van der Waals surface area contributed by atoms with E-state index in [0.29, 0.717) is 37.3 Å². The van der Waals surface area contributed by atoms with Gasteiger partial charge in [0.25, 0.3) is 6.43 Å². The number of halogens is 2. The molecule has 1 saturated heterocycles. The number of nitrogens with one attached hydrogen (secondary N) is 1. The second-order valence-electron chi connectivity index (χ2n) is 9.49. The fourth-order valence-electron chi connectivity index (χ4n) is 4.34. The van der Waals surface area contributed by atoms with Crippen LogP contribution in [0.4, 0.5) is 19.4 Å². The Morgan fingerprint density at radius 3 is 2.56 bits per heavy atom. The van der Waals surface area contributed by atoms with Crippen molar-refractivity contribution in [1.29, 1.82) is 0 Å². The minimum Gasteiger partial charge on any atom is -0.324 e. The van der Waals surface area contributed by atoms with Crippen LogP contribution in [0, 0.1) is 6.92 Å². The summed E-state index contributed by atoms with van der Waals surface area (Å²) in [5.74, 6) is 0.360. The van der Waals surface area contributed by atoms with Crippen molar-refractivity contribution < 1.29 is 13.6 Å². The largest absolute Gasteiger partial charge is 0.324 e. The molecule has 3 heterocycles. The van der Waals surface area contributed by atoms with E-state index < -0.39 is 6.43 Å². The maximum absolute atomic E-state index is 13.1. The molecule has 0 saturated carbocycles. The zero-order valence-electron chi connectivity index (χ0n) is 19.8. The number of aromatic nitrogens is 4. The van der Waals surface area contributed by atoms with Gasteiger partial charge in [-0.15, -0.1) is 20.4 Å². The van der Waals surface area contributed by atoms with E-state index >= 15 is 0 Å². The van der Waals surface area contributed by atoms with Gasteiger partial charge in [-0.25, -0.2) is 13.6 Å². The highest BCUT2D eigenvalue weighted by Gasteiger charge is 2.34. The normalized spacial score (nSPS) is 15.4. The highest BCUT2D eigenvalue weighted by molar-refractivity contribution is 7.14. The molecule has 176 valence electrons. The molecule has 0 spiro atoms. The van der Waals surface area contributed by atoms with Crippen LogP contribution in [0.3, 0.4) is 0 Å². The van der Waals surface area contributed by atoms with E-state index in [4.69, 9.17) is 0 Å². The number of fused-ring (bicyclic) bond motifs is 1. The zero-order valence-corrected chi connectivity index (χ0v) is 20.6. The molecule has 0 aliphatic carbocycles. The number of rotatable bonds is 6. The molecule has 1 fully saturated rings. The van der Waals surface area contributed by atoms with Gasteiger partial charge in [0.05, 0.1) is 12.1 Å². The third kappa shape index (κ3) is 5.72. The van der Waals surface area contributed by atoms with Crippen molar-refractivity contribution >= 4 is 57.6 Å². The Hall–Kier alpha value is -2.60. The van der Waals surface area contributed by atoms with Gasteiger partial charge in [0, 0.05) is 30.1 Å². The molecule has 3 aromatic rings. The van der Waals surface area contributed by atoms with E-state index in [0.717, 1.165) is 21.0 Å². The zero-order chi connectivity index (χ0) is 24.5. The first kappa shape index (κ1) is 24.5. The quantitative estimate of drug-likeness (QED) is 0.516. The molecule has 0 radical (unpaired) electrons. The summed E-state index contributed by atoms with van der Waals surface area (Å²) < 4.78 is 26.2. The Balaban J connectivity index is 1.41. The van der Waals surface area contributed by atoms with Crippen molar-refractivity contribution in [3.63, 3.8) is 0 Å². The topological polar surface area (TPSA) is 87.1 Å². The smallest absolute Gasteiger partial charge is 0.323 e. The number of piperidine rings is 1. The van der Waals surface area contributed by atoms with Crippen molar-refractivity contribution in [3.8, 4) is 10.6 Å². The minimum atomic E-state index is -2.39. The number of urea groups is 1. The van der Waals surface area contributed by atoms with Gasteiger partial charge in [-0.3, -0.25) is 5.32 Å². The second-order valence-corrected chi connectivity index (χ2v) is 10.7. The summed E-state index contributed by atoms with van der Waals surface area (Å²) in [6.07, 6.45) is -1.10. The molecule has 14 heteroatoms. The first-order chi connectivity index (χ1) is 16.1. The molecule has 0 atom stereocenters. The molecule has 1 N–H and O–H groups in total. The third-order valence-electron chi connectivity index (χ3n) is 5.98. The molecule has 1 aliphatic heterocycles. The van der Waals surface area contributed by atoms with Crippen LogP contribution >= 0.6 is 11.3 Å². The number of likely N-dealkylation sites (tertiary alicyclic amines) is 1. The molecule has 34 heavy (non-hydrogen) atoms. The van der Waals surface area contributed by atoms with Crippen LogP contribution in [0.15, 0.2) is 24.3 Å². The number of benzene rings is 1. The lowest BCUT2D eigenvalue weighted by Crippen LogP contribution is -2.59. The van der Waals surface area contributed by atoms with Gasteiger partial charge in [-0.1, -0.05) is 16.6 Å². The highest BCUT2D eigenvalue weighted by Crippen LogP contribution is 2.27. The predicted octanol–water partition coefficient (Wildman–Crippen LogP) is 0.531. The van der Waals surface area contributed by atoms with Gasteiger partial charge in [-0.05, 0) is 44.0 Å². The van der Waals surface area contributed by atoms with E-state index in [9.17, 15) is 13.6 Å². The van der Waals surface area contributed by atoms with Crippen molar-refractivity contribution in [2.45, 2.75) is 37.5 Å². The summed E-state index contributed by atoms with van der Waals surface area (Å²) >= 11 is 1.51. The Labute approximate surface area is 203 Å². The van der Waals surface area contributed by atoms with Crippen LogP contribution in [0.2, 0.25) is 0 Å². The average molecular weight is 483 g/mol. The molecule has 1 aromatic carbocycles. The van der Waals surface area contributed by atoms with E-state index in [2.05, 4.69) is 25.7 Å². The summed E-state index contributed by atoms with van der Waals surface area (Å²) in [6.45, 7) is 2.64. The molecule has 0 bridgehead atoms. The van der Waals surface area contributed by atoms with Gasteiger partial charge in [0.15, 0.2) is 5.82 Å². The monoisotopic (exact) mass is 483 g/mol. The lowest BCUT2D eigenvalue weighted by molar-refractivity contribution is 0.0443. The molecule has 0 unspecified atom stereocenters. The van der Waals surface area contributed by atoms with Gasteiger partial charge >= 0.3 is 6.03 Å². The Morgan fingerprint density at radius 1 is 1.21 bits per heavy atom. The number of carbonyl (C=O) groups is 1. The number of amides is 2. The van der Waals surface area contributed by atoms with Crippen molar-refractivity contribution in [2.75, 3.05) is 25.0 Å². The summed E-state index contributed by atoms with van der Waals surface area (Å²) in [7, 11) is 5.85. The van der Waals surface area contributed by atoms with Crippen LogP contribution < -0.4 is 5.32 Å². The van der Waals surface area contributed by atoms with E-state index in [1.807, 2.05) is 53.6 Å². The fraction of sp³-hybridized carbons (Fsp3) is 0.450. The second kappa shape index (κ2) is 9.95. The average Bonchev–Trinajstić information content (AvgIpc) is 3.22. The lowest BCUT2D eigenvalue weighted by Gasteiger charge is -2.45. The molecular weight excluding hydrogens is 457 g/mol. The number of hydrogen-bond acceptors (Lipinski definition) is 7. The fourth-order valence-corrected chi connectivity index (χ4v) is 5.03. The molecule has 2 amide bonds. The lowest BCUT2D eigenvalue weighted by atomic mass is 9.48. The predicted molar refractivity (Wildman–Crippen MR) is 138 cm³/mol. The number of hydrogen-bond donors (Lipinski definition) is 1.